The van der Waals surface area contributed by atoms with E-state index in [-0.39, 0.29) is 30.4 Å². The number of ether oxygens (including phenoxy) is 1. The highest BCUT2D eigenvalue weighted by atomic mass is 16.5. The molecule has 1 saturated heterocycles. The molecule has 0 unspecified atom stereocenters. The van der Waals surface area contributed by atoms with Gasteiger partial charge in [-0.1, -0.05) is 42.0 Å². The number of hydrogen-bond acceptors (Lipinski definition) is 4. The van der Waals surface area contributed by atoms with E-state index >= 15 is 0 Å². The minimum Gasteiger partial charge on any atom is -0.494 e. The van der Waals surface area contributed by atoms with Crippen molar-refractivity contribution >= 4 is 17.6 Å². The van der Waals surface area contributed by atoms with Gasteiger partial charge in [-0.15, -0.1) is 0 Å². The fourth-order valence-corrected chi connectivity index (χ4v) is 3.84. The van der Waals surface area contributed by atoms with E-state index < -0.39 is 0 Å². The monoisotopic (exact) mass is 436 g/mol. The summed E-state index contributed by atoms with van der Waals surface area (Å²) in [6.07, 6.45) is 1.49. The number of amides is 2. The topological polar surface area (TPSA) is 66.9 Å². The Morgan fingerprint density at radius 1 is 0.812 bits per heavy atom. The van der Waals surface area contributed by atoms with E-state index in [9.17, 15) is 14.4 Å². The van der Waals surface area contributed by atoms with Gasteiger partial charge in [0.1, 0.15) is 5.75 Å². The van der Waals surface area contributed by atoms with Gasteiger partial charge in [0, 0.05) is 44.6 Å². The van der Waals surface area contributed by atoms with Crippen LogP contribution in [-0.2, 0) is 16.0 Å². The summed E-state index contributed by atoms with van der Waals surface area (Å²) in [6.45, 7) is 6.81. The maximum atomic E-state index is 12.7. The van der Waals surface area contributed by atoms with Crippen LogP contribution in [0.4, 0.5) is 0 Å². The lowest BCUT2D eigenvalue weighted by Crippen LogP contribution is -2.38. The number of aryl methyl sites for hydroxylation is 1. The van der Waals surface area contributed by atoms with Crippen LogP contribution in [0.15, 0.2) is 48.5 Å². The van der Waals surface area contributed by atoms with Crippen LogP contribution in [-0.4, -0.2) is 60.2 Å². The van der Waals surface area contributed by atoms with Crippen molar-refractivity contribution in [1.29, 1.82) is 0 Å². The normalized spacial score (nSPS) is 14.1. The van der Waals surface area contributed by atoms with E-state index in [0.717, 1.165) is 23.3 Å². The van der Waals surface area contributed by atoms with Gasteiger partial charge in [-0.05, 0) is 38.0 Å². The van der Waals surface area contributed by atoms with Crippen LogP contribution < -0.4 is 4.74 Å². The highest BCUT2D eigenvalue weighted by Gasteiger charge is 2.22. The Bertz CT molecular complexity index is 922. The predicted molar refractivity (Wildman–Crippen MR) is 124 cm³/mol. The molecule has 1 aliphatic heterocycles. The molecule has 0 atom stereocenters. The molecular formula is C26H32N2O4. The number of carbonyl (C=O) groups excluding carboxylic acids is 3. The van der Waals surface area contributed by atoms with Crippen LogP contribution >= 0.6 is 0 Å². The van der Waals surface area contributed by atoms with Crippen LogP contribution in [0.5, 0.6) is 5.75 Å². The Morgan fingerprint density at radius 3 is 2.06 bits per heavy atom. The van der Waals surface area contributed by atoms with Gasteiger partial charge in [-0.3, -0.25) is 14.4 Å². The standard InChI is InChI=1S/C26H32N2O4/c1-3-32-23-11-7-21(8-12-23)19-26(31)28-16-4-15-27(17-18-28)25(30)14-13-24(29)22-9-5-20(2)6-10-22/h5-12H,3-4,13-19H2,1-2H3. The second-order valence-electron chi connectivity index (χ2n) is 8.16. The molecule has 0 N–H and O–H groups in total. The number of nitrogens with zero attached hydrogens (tertiary/aromatic N) is 2. The largest absolute Gasteiger partial charge is 0.494 e. The van der Waals surface area contributed by atoms with Crippen LogP contribution in [0.1, 0.15) is 47.7 Å². The zero-order valence-electron chi connectivity index (χ0n) is 19.0. The highest BCUT2D eigenvalue weighted by molar-refractivity contribution is 5.98. The van der Waals surface area contributed by atoms with Crippen LogP contribution in [0.3, 0.4) is 0 Å². The van der Waals surface area contributed by atoms with Gasteiger partial charge in [0.05, 0.1) is 13.0 Å². The van der Waals surface area contributed by atoms with E-state index in [1.165, 1.54) is 0 Å². The molecule has 6 nitrogen and oxygen atoms in total. The number of rotatable bonds is 8. The Hall–Kier alpha value is -3.15. The average molecular weight is 437 g/mol. The first kappa shape index (κ1) is 23.5. The van der Waals surface area contributed by atoms with Crippen molar-refractivity contribution in [3.8, 4) is 5.75 Å². The fraction of sp³-hybridized carbons (Fsp3) is 0.423. The minimum atomic E-state index is -0.0220. The van der Waals surface area contributed by atoms with Gasteiger partial charge in [-0.25, -0.2) is 0 Å². The summed E-state index contributed by atoms with van der Waals surface area (Å²) in [7, 11) is 0. The molecule has 0 aliphatic carbocycles. The highest BCUT2D eigenvalue weighted by Crippen LogP contribution is 2.15. The molecule has 0 bridgehead atoms. The zero-order valence-corrected chi connectivity index (χ0v) is 19.0. The molecule has 32 heavy (non-hydrogen) atoms. The lowest BCUT2D eigenvalue weighted by molar-refractivity contribution is -0.133. The van der Waals surface area contributed by atoms with E-state index in [4.69, 9.17) is 4.74 Å². The molecule has 2 amide bonds. The molecule has 0 spiro atoms. The van der Waals surface area contributed by atoms with E-state index in [1.54, 1.807) is 4.90 Å². The molecule has 2 aromatic carbocycles. The number of benzene rings is 2. The third-order valence-electron chi connectivity index (χ3n) is 5.73. The summed E-state index contributed by atoms with van der Waals surface area (Å²) >= 11 is 0. The molecule has 0 aromatic heterocycles. The van der Waals surface area contributed by atoms with Crippen molar-refractivity contribution in [3.05, 3.63) is 65.2 Å². The predicted octanol–water partition coefficient (Wildman–Crippen LogP) is 3.66. The van der Waals surface area contributed by atoms with E-state index in [1.807, 2.05) is 67.3 Å². The van der Waals surface area contributed by atoms with Crippen LogP contribution in [0.2, 0.25) is 0 Å². The summed E-state index contributed by atoms with van der Waals surface area (Å²) in [6, 6.07) is 15.0. The van der Waals surface area contributed by atoms with Crippen LogP contribution in [0, 0.1) is 6.92 Å². The fourth-order valence-electron chi connectivity index (χ4n) is 3.84. The molecule has 0 radical (unpaired) electrons. The molecule has 0 saturated carbocycles. The van der Waals surface area contributed by atoms with E-state index in [2.05, 4.69) is 0 Å². The zero-order chi connectivity index (χ0) is 22.9. The van der Waals surface area contributed by atoms with Crippen molar-refractivity contribution in [1.82, 2.24) is 9.80 Å². The molecule has 3 rings (SSSR count). The van der Waals surface area contributed by atoms with Gasteiger partial charge in [0.25, 0.3) is 0 Å². The Kier molecular flexibility index (Phi) is 8.42. The SMILES string of the molecule is CCOc1ccc(CC(=O)N2CCCN(C(=O)CCC(=O)c3ccc(C)cc3)CC2)cc1. The summed E-state index contributed by atoms with van der Waals surface area (Å²) < 4.78 is 5.44. The van der Waals surface area contributed by atoms with Gasteiger partial charge < -0.3 is 14.5 Å². The quantitative estimate of drug-likeness (QED) is 0.593. The lowest BCUT2D eigenvalue weighted by Gasteiger charge is -2.22. The molecule has 1 fully saturated rings. The maximum absolute atomic E-state index is 12.7. The Labute approximate surface area is 190 Å². The number of Topliss-reactive ketones (excluding diaryl/α,β-unsaturated/α-hetero) is 1. The number of carbonyl (C=O) groups is 3. The van der Waals surface area contributed by atoms with Crippen molar-refractivity contribution in [2.75, 3.05) is 32.8 Å². The van der Waals surface area contributed by atoms with E-state index in [0.29, 0.717) is 44.8 Å². The average Bonchev–Trinajstić information content (AvgIpc) is 3.06. The Morgan fingerprint density at radius 2 is 1.44 bits per heavy atom. The third kappa shape index (κ3) is 6.67. The molecular weight excluding hydrogens is 404 g/mol. The first-order valence-corrected chi connectivity index (χ1v) is 11.3. The summed E-state index contributed by atoms with van der Waals surface area (Å²) in [4.78, 5) is 41.4. The van der Waals surface area contributed by atoms with Gasteiger partial charge >= 0.3 is 0 Å². The minimum absolute atomic E-state index is 0.0136. The smallest absolute Gasteiger partial charge is 0.227 e. The van der Waals surface area contributed by atoms with Crippen molar-refractivity contribution < 1.29 is 19.1 Å². The van der Waals surface area contributed by atoms with Crippen molar-refractivity contribution in [2.45, 2.75) is 39.5 Å². The molecule has 6 heteroatoms. The number of ketones is 1. The number of hydrogen-bond donors (Lipinski definition) is 0. The van der Waals surface area contributed by atoms with Gasteiger partial charge in [0.2, 0.25) is 11.8 Å². The third-order valence-corrected chi connectivity index (χ3v) is 5.73. The van der Waals surface area contributed by atoms with Gasteiger partial charge in [-0.2, -0.15) is 0 Å². The first-order chi connectivity index (χ1) is 15.5. The molecule has 170 valence electrons. The molecule has 2 aromatic rings. The van der Waals surface area contributed by atoms with Crippen molar-refractivity contribution in [3.63, 3.8) is 0 Å². The second kappa shape index (κ2) is 11.5. The maximum Gasteiger partial charge on any atom is 0.227 e. The molecule has 1 heterocycles. The summed E-state index contributed by atoms with van der Waals surface area (Å²) in [5, 5.41) is 0. The van der Waals surface area contributed by atoms with Crippen LogP contribution in [0.25, 0.3) is 0 Å². The summed E-state index contributed by atoms with van der Waals surface area (Å²) in [5.74, 6) is 0.832. The van der Waals surface area contributed by atoms with Crippen molar-refractivity contribution in [2.24, 2.45) is 0 Å². The summed E-state index contributed by atoms with van der Waals surface area (Å²) in [5.41, 5.74) is 2.69. The molecule has 1 aliphatic rings. The second-order valence-corrected chi connectivity index (χ2v) is 8.16. The first-order valence-electron chi connectivity index (χ1n) is 11.3. The van der Waals surface area contributed by atoms with Gasteiger partial charge in [0.15, 0.2) is 5.78 Å². The lowest BCUT2D eigenvalue weighted by atomic mass is 10.0. The Balaban J connectivity index is 1.46.